The summed E-state index contributed by atoms with van der Waals surface area (Å²) in [6, 6.07) is 12.6. The molecule has 2 amide bonds. The van der Waals surface area contributed by atoms with E-state index in [9.17, 15) is 9.59 Å². The summed E-state index contributed by atoms with van der Waals surface area (Å²) in [5.41, 5.74) is 3.30. The van der Waals surface area contributed by atoms with Gasteiger partial charge in [0.1, 0.15) is 0 Å². The number of ether oxygens (including phenoxy) is 2. The number of carbonyl (C=O) groups excluding carboxylic acids is 2. The van der Waals surface area contributed by atoms with Gasteiger partial charge >= 0.3 is 0 Å². The first kappa shape index (κ1) is 18.9. The van der Waals surface area contributed by atoms with E-state index >= 15 is 0 Å². The van der Waals surface area contributed by atoms with Gasteiger partial charge in [0.2, 0.25) is 5.91 Å². The maximum atomic E-state index is 12.3. The number of anilines is 1. The Labute approximate surface area is 168 Å². The van der Waals surface area contributed by atoms with Gasteiger partial charge in [-0.15, -0.1) is 0 Å². The molecule has 7 heteroatoms. The third kappa shape index (κ3) is 3.51. The average Bonchev–Trinajstić information content (AvgIpc) is 3.28. The molecule has 0 saturated carbocycles. The van der Waals surface area contributed by atoms with Crippen molar-refractivity contribution < 1.29 is 19.1 Å². The second-order valence-electron chi connectivity index (χ2n) is 6.94. The van der Waals surface area contributed by atoms with Crippen molar-refractivity contribution >= 4 is 29.1 Å². The molecule has 28 heavy (non-hydrogen) atoms. The van der Waals surface area contributed by atoms with Gasteiger partial charge < -0.3 is 19.7 Å². The number of nitrogens with zero attached hydrogens (tertiary/aromatic N) is 1. The Morgan fingerprint density at radius 1 is 1.18 bits per heavy atom. The summed E-state index contributed by atoms with van der Waals surface area (Å²) in [5.74, 6) is -1.01. The van der Waals surface area contributed by atoms with Crippen LogP contribution in [0.3, 0.4) is 0 Å². The SMILES string of the molecule is CN1C(=O)Cc2cc(C3(CCNC(=O)c4ccc(Cl)cc4)OCCO3)ccc21. The van der Waals surface area contributed by atoms with Crippen LogP contribution < -0.4 is 10.2 Å². The van der Waals surface area contributed by atoms with Crippen molar-refractivity contribution in [3.05, 3.63) is 64.2 Å². The van der Waals surface area contributed by atoms with Crippen molar-refractivity contribution in [1.82, 2.24) is 5.32 Å². The lowest BCUT2D eigenvalue weighted by Gasteiger charge is -2.28. The van der Waals surface area contributed by atoms with Gasteiger partial charge in [-0.2, -0.15) is 0 Å². The normalized spacial score (nSPS) is 17.6. The summed E-state index contributed by atoms with van der Waals surface area (Å²) in [7, 11) is 1.78. The molecule has 1 fully saturated rings. The molecule has 0 atom stereocenters. The van der Waals surface area contributed by atoms with Crippen LogP contribution in [0, 0.1) is 0 Å². The third-order valence-electron chi connectivity index (χ3n) is 5.20. The molecule has 4 rings (SSSR count). The zero-order valence-electron chi connectivity index (χ0n) is 15.5. The van der Waals surface area contributed by atoms with Crippen LogP contribution in [0.2, 0.25) is 5.02 Å². The zero-order chi connectivity index (χ0) is 19.7. The lowest BCUT2D eigenvalue weighted by atomic mass is 9.98. The monoisotopic (exact) mass is 400 g/mol. The van der Waals surface area contributed by atoms with Gasteiger partial charge in [0.25, 0.3) is 5.91 Å². The van der Waals surface area contributed by atoms with Crippen LogP contribution in [0.15, 0.2) is 42.5 Å². The second-order valence-corrected chi connectivity index (χ2v) is 7.37. The summed E-state index contributed by atoms with van der Waals surface area (Å²) < 4.78 is 11.9. The van der Waals surface area contributed by atoms with E-state index in [0.717, 1.165) is 16.8 Å². The molecule has 2 aliphatic rings. The molecule has 1 saturated heterocycles. The number of benzene rings is 2. The first-order valence-electron chi connectivity index (χ1n) is 9.20. The highest BCUT2D eigenvalue weighted by atomic mass is 35.5. The lowest BCUT2D eigenvalue weighted by molar-refractivity contribution is -0.169. The molecule has 2 aromatic rings. The Balaban J connectivity index is 1.47. The molecule has 0 aromatic heterocycles. The molecule has 0 bridgehead atoms. The first-order valence-corrected chi connectivity index (χ1v) is 9.58. The van der Waals surface area contributed by atoms with Crippen molar-refractivity contribution in [2.24, 2.45) is 0 Å². The van der Waals surface area contributed by atoms with Crippen molar-refractivity contribution in [2.45, 2.75) is 18.6 Å². The quantitative estimate of drug-likeness (QED) is 0.838. The van der Waals surface area contributed by atoms with E-state index in [1.54, 1.807) is 36.2 Å². The molecular weight excluding hydrogens is 380 g/mol. The van der Waals surface area contributed by atoms with Gasteiger partial charge in [-0.3, -0.25) is 9.59 Å². The molecule has 1 N–H and O–H groups in total. The summed E-state index contributed by atoms with van der Waals surface area (Å²) >= 11 is 5.86. The van der Waals surface area contributed by atoms with Crippen LogP contribution in [0.5, 0.6) is 0 Å². The van der Waals surface area contributed by atoms with Crippen molar-refractivity contribution in [3.63, 3.8) is 0 Å². The molecule has 2 heterocycles. The van der Waals surface area contributed by atoms with E-state index in [2.05, 4.69) is 5.32 Å². The maximum absolute atomic E-state index is 12.3. The zero-order valence-corrected chi connectivity index (χ0v) is 16.3. The highest BCUT2D eigenvalue weighted by Gasteiger charge is 2.39. The summed E-state index contributed by atoms with van der Waals surface area (Å²) in [4.78, 5) is 25.9. The van der Waals surface area contributed by atoms with Gasteiger partial charge in [0.15, 0.2) is 5.79 Å². The maximum Gasteiger partial charge on any atom is 0.251 e. The first-order chi connectivity index (χ1) is 13.5. The van der Waals surface area contributed by atoms with Crippen molar-refractivity contribution in [2.75, 3.05) is 31.7 Å². The predicted octanol–water partition coefficient (Wildman–Crippen LogP) is 2.88. The molecule has 2 aliphatic heterocycles. The molecule has 146 valence electrons. The van der Waals surface area contributed by atoms with E-state index in [1.807, 2.05) is 18.2 Å². The fourth-order valence-corrected chi connectivity index (χ4v) is 3.79. The van der Waals surface area contributed by atoms with E-state index < -0.39 is 5.79 Å². The Bertz CT molecular complexity index is 907. The Morgan fingerprint density at radius 2 is 1.89 bits per heavy atom. The minimum absolute atomic E-state index is 0.0738. The molecule has 6 nitrogen and oxygen atoms in total. The van der Waals surface area contributed by atoms with E-state index in [0.29, 0.717) is 43.2 Å². The summed E-state index contributed by atoms with van der Waals surface area (Å²) in [6.07, 6.45) is 0.845. The van der Waals surface area contributed by atoms with Crippen LogP contribution in [0.4, 0.5) is 5.69 Å². The largest absolute Gasteiger partial charge is 0.352 e. The number of rotatable bonds is 5. The second kappa shape index (κ2) is 7.54. The number of amides is 2. The van der Waals surface area contributed by atoms with Gasteiger partial charge in [-0.25, -0.2) is 0 Å². The number of halogens is 1. The van der Waals surface area contributed by atoms with Gasteiger partial charge in [-0.05, 0) is 42.0 Å². The minimum Gasteiger partial charge on any atom is -0.352 e. The Hall–Kier alpha value is -2.41. The van der Waals surface area contributed by atoms with Gasteiger partial charge in [0, 0.05) is 41.9 Å². The minimum atomic E-state index is -0.910. The number of nitrogens with one attached hydrogen (secondary N) is 1. The number of carbonyl (C=O) groups is 2. The smallest absolute Gasteiger partial charge is 0.251 e. The van der Waals surface area contributed by atoms with E-state index in [4.69, 9.17) is 21.1 Å². The number of likely N-dealkylation sites (N-methyl/N-ethyl adjacent to an activating group) is 1. The standard InChI is InChI=1S/C21H21ClN2O4/c1-24-18-7-4-16(12-15(18)13-19(24)25)21(27-10-11-28-21)8-9-23-20(26)14-2-5-17(22)6-3-14/h2-7,12H,8-11,13H2,1H3,(H,23,26). The van der Waals surface area contributed by atoms with Crippen molar-refractivity contribution in [3.8, 4) is 0 Å². The average molecular weight is 401 g/mol. The third-order valence-corrected chi connectivity index (χ3v) is 5.45. The number of fused-ring (bicyclic) bond motifs is 1. The topological polar surface area (TPSA) is 67.9 Å². The highest BCUT2D eigenvalue weighted by molar-refractivity contribution is 6.30. The molecule has 0 radical (unpaired) electrons. The highest BCUT2D eigenvalue weighted by Crippen LogP contribution is 2.38. The molecule has 0 unspecified atom stereocenters. The fraction of sp³-hybridized carbons (Fsp3) is 0.333. The number of hydrogen-bond donors (Lipinski definition) is 1. The van der Waals surface area contributed by atoms with Crippen LogP contribution in [-0.4, -0.2) is 38.6 Å². The Kier molecular flexibility index (Phi) is 5.10. The fourth-order valence-electron chi connectivity index (χ4n) is 3.66. The lowest BCUT2D eigenvalue weighted by Crippen LogP contribution is -2.34. The Morgan fingerprint density at radius 3 is 2.61 bits per heavy atom. The van der Waals surface area contributed by atoms with Crippen LogP contribution in [0.1, 0.15) is 27.9 Å². The summed E-state index contributed by atoms with van der Waals surface area (Å²) in [5, 5.41) is 3.49. The predicted molar refractivity (Wildman–Crippen MR) is 106 cm³/mol. The van der Waals surface area contributed by atoms with Crippen LogP contribution in [-0.2, 0) is 26.5 Å². The molecular formula is C21H21ClN2O4. The van der Waals surface area contributed by atoms with E-state index in [-0.39, 0.29) is 11.8 Å². The van der Waals surface area contributed by atoms with E-state index in [1.165, 1.54) is 0 Å². The van der Waals surface area contributed by atoms with Crippen LogP contribution in [0.25, 0.3) is 0 Å². The van der Waals surface area contributed by atoms with Crippen LogP contribution >= 0.6 is 11.6 Å². The molecule has 0 spiro atoms. The summed E-state index contributed by atoms with van der Waals surface area (Å²) in [6.45, 7) is 1.36. The number of hydrogen-bond acceptors (Lipinski definition) is 4. The van der Waals surface area contributed by atoms with Crippen molar-refractivity contribution in [1.29, 1.82) is 0 Å². The molecule has 2 aromatic carbocycles. The van der Waals surface area contributed by atoms with Gasteiger partial charge in [-0.1, -0.05) is 17.7 Å². The van der Waals surface area contributed by atoms with Gasteiger partial charge in [0.05, 0.1) is 19.6 Å². The molecule has 0 aliphatic carbocycles.